The highest BCUT2D eigenvalue weighted by atomic mass is 35.5. The maximum absolute atomic E-state index is 8.79. The van der Waals surface area contributed by atoms with Gasteiger partial charge in [-0.25, -0.2) is 0 Å². The Morgan fingerprint density at radius 3 is 2.93 bits per heavy atom. The summed E-state index contributed by atoms with van der Waals surface area (Å²) in [6.45, 7) is 4.04. The van der Waals surface area contributed by atoms with E-state index in [1.165, 1.54) is 10.5 Å². The molecule has 1 aromatic carbocycles. The van der Waals surface area contributed by atoms with Crippen LogP contribution in [0.15, 0.2) is 23.1 Å². The molecule has 1 aromatic rings. The number of nitrogens with one attached hydrogen (secondary N) is 1. The molecule has 0 heterocycles. The van der Waals surface area contributed by atoms with Gasteiger partial charge in [-0.1, -0.05) is 18.5 Å². The van der Waals surface area contributed by atoms with Crippen LogP contribution in [0.4, 0.5) is 0 Å². The molecule has 0 spiro atoms. The molecule has 4 heteroatoms. The van der Waals surface area contributed by atoms with E-state index < -0.39 is 0 Å². The fourth-order valence-corrected chi connectivity index (χ4v) is 2.23. The Hall–Kier alpha value is -0.220. The molecule has 15 heavy (non-hydrogen) atoms. The van der Waals surface area contributed by atoms with Crippen LogP contribution in [0.25, 0.3) is 0 Å². The Balaban J connectivity index is 2.73. The van der Waals surface area contributed by atoms with Crippen molar-refractivity contribution in [3.05, 3.63) is 28.8 Å². The van der Waals surface area contributed by atoms with Gasteiger partial charge >= 0.3 is 0 Å². The van der Waals surface area contributed by atoms with Gasteiger partial charge in [0, 0.05) is 22.2 Å². The van der Waals surface area contributed by atoms with Gasteiger partial charge in [-0.05, 0) is 30.3 Å². The van der Waals surface area contributed by atoms with Crippen LogP contribution < -0.4 is 5.32 Å². The van der Waals surface area contributed by atoms with E-state index in [4.69, 9.17) is 16.7 Å². The highest BCUT2D eigenvalue weighted by molar-refractivity contribution is 7.99. The smallest absolute Gasteiger partial charge is 0.0525 e. The van der Waals surface area contributed by atoms with Crippen molar-refractivity contribution in [3.63, 3.8) is 0 Å². The molecule has 0 aromatic heterocycles. The van der Waals surface area contributed by atoms with Gasteiger partial charge in [0.15, 0.2) is 0 Å². The van der Waals surface area contributed by atoms with Crippen molar-refractivity contribution >= 4 is 23.4 Å². The zero-order valence-corrected chi connectivity index (χ0v) is 10.4. The average Bonchev–Trinajstić information content (AvgIpc) is 2.25. The minimum absolute atomic E-state index is 0.202. The Bertz CT molecular complexity index is 307. The van der Waals surface area contributed by atoms with E-state index in [9.17, 15) is 0 Å². The van der Waals surface area contributed by atoms with Crippen molar-refractivity contribution in [2.24, 2.45) is 0 Å². The van der Waals surface area contributed by atoms with Gasteiger partial charge in [0.25, 0.3) is 0 Å². The zero-order chi connectivity index (χ0) is 11.1. The normalized spacial score (nSPS) is 10.6. The molecule has 0 amide bonds. The van der Waals surface area contributed by atoms with Gasteiger partial charge in [0.1, 0.15) is 0 Å². The fourth-order valence-electron chi connectivity index (χ4n) is 1.24. The van der Waals surface area contributed by atoms with Gasteiger partial charge in [-0.15, -0.1) is 11.8 Å². The van der Waals surface area contributed by atoms with Gasteiger partial charge in [0.2, 0.25) is 0 Å². The zero-order valence-electron chi connectivity index (χ0n) is 8.79. The minimum Gasteiger partial charge on any atom is -0.396 e. The molecule has 0 aliphatic rings. The molecule has 0 saturated heterocycles. The molecule has 0 saturated carbocycles. The number of benzene rings is 1. The third-order valence-corrected chi connectivity index (χ3v) is 3.27. The van der Waals surface area contributed by atoms with Gasteiger partial charge < -0.3 is 10.4 Å². The van der Waals surface area contributed by atoms with Crippen molar-refractivity contribution < 1.29 is 5.11 Å². The summed E-state index contributed by atoms with van der Waals surface area (Å²) in [4.78, 5) is 1.19. The lowest BCUT2D eigenvalue weighted by atomic mass is 10.2. The van der Waals surface area contributed by atoms with Gasteiger partial charge in [-0.2, -0.15) is 0 Å². The predicted octanol–water partition coefficient (Wildman–Crippen LogP) is 2.53. The van der Waals surface area contributed by atoms with Crippen LogP contribution >= 0.6 is 23.4 Å². The quantitative estimate of drug-likeness (QED) is 0.756. The summed E-state index contributed by atoms with van der Waals surface area (Å²) in [5, 5.41) is 12.8. The van der Waals surface area contributed by atoms with Gasteiger partial charge in [0.05, 0.1) is 6.61 Å². The molecule has 0 atom stereocenters. The molecule has 2 N–H and O–H groups in total. The molecule has 0 fully saturated rings. The fraction of sp³-hybridized carbons (Fsp3) is 0.455. The van der Waals surface area contributed by atoms with Crippen LogP contribution in [0.2, 0.25) is 5.02 Å². The second-order valence-corrected chi connectivity index (χ2v) is 4.68. The van der Waals surface area contributed by atoms with E-state index in [1.807, 2.05) is 18.2 Å². The van der Waals surface area contributed by atoms with Crippen LogP contribution in [0.1, 0.15) is 12.5 Å². The third kappa shape index (κ3) is 4.43. The summed E-state index contributed by atoms with van der Waals surface area (Å²) in [7, 11) is 0. The highest BCUT2D eigenvalue weighted by Crippen LogP contribution is 2.25. The minimum atomic E-state index is 0.202. The van der Waals surface area contributed by atoms with Crippen LogP contribution in [0, 0.1) is 0 Å². The Morgan fingerprint density at radius 2 is 2.27 bits per heavy atom. The summed E-state index contributed by atoms with van der Waals surface area (Å²) in [6.07, 6.45) is 0. The first-order chi connectivity index (χ1) is 7.27. The van der Waals surface area contributed by atoms with E-state index in [2.05, 4.69) is 12.2 Å². The number of hydrogen-bond donors (Lipinski definition) is 2. The Labute approximate surface area is 100 Å². The lowest BCUT2D eigenvalue weighted by Crippen LogP contribution is -2.12. The topological polar surface area (TPSA) is 32.3 Å². The second kappa shape index (κ2) is 7.12. The van der Waals surface area contributed by atoms with Crippen LogP contribution in [-0.4, -0.2) is 24.0 Å². The Kier molecular flexibility index (Phi) is 6.10. The number of rotatable bonds is 6. The van der Waals surface area contributed by atoms with E-state index in [0.717, 1.165) is 23.9 Å². The SMILES string of the molecule is CCNCc1cc(Cl)ccc1SCCO. The van der Waals surface area contributed by atoms with E-state index in [1.54, 1.807) is 11.8 Å². The van der Waals surface area contributed by atoms with E-state index >= 15 is 0 Å². The summed E-state index contributed by atoms with van der Waals surface area (Å²) in [6, 6.07) is 5.87. The number of thioether (sulfide) groups is 1. The summed E-state index contributed by atoms with van der Waals surface area (Å²) >= 11 is 7.60. The van der Waals surface area contributed by atoms with Crippen LogP contribution in [0.3, 0.4) is 0 Å². The molecule has 0 bridgehead atoms. The summed E-state index contributed by atoms with van der Waals surface area (Å²) in [5.74, 6) is 0.723. The maximum atomic E-state index is 8.79. The van der Waals surface area contributed by atoms with Crippen molar-refractivity contribution in [2.45, 2.75) is 18.4 Å². The predicted molar refractivity (Wildman–Crippen MR) is 66.6 cm³/mol. The van der Waals surface area contributed by atoms with Crippen LogP contribution in [0.5, 0.6) is 0 Å². The largest absolute Gasteiger partial charge is 0.396 e. The molecular weight excluding hydrogens is 230 g/mol. The lowest BCUT2D eigenvalue weighted by Gasteiger charge is -2.09. The van der Waals surface area contributed by atoms with E-state index in [0.29, 0.717) is 0 Å². The van der Waals surface area contributed by atoms with Crippen molar-refractivity contribution in [1.29, 1.82) is 0 Å². The molecule has 1 rings (SSSR count). The first kappa shape index (κ1) is 12.8. The Morgan fingerprint density at radius 1 is 1.47 bits per heavy atom. The first-order valence-electron chi connectivity index (χ1n) is 5.00. The number of hydrogen-bond acceptors (Lipinski definition) is 3. The molecule has 0 unspecified atom stereocenters. The van der Waals surface area contributed by atoms with Crippen LogP contribution in [-0.2, 0) is 6.54 Å². The molecule has 0 aliphatic carbocycles. The monoisotopic (exact) mass is 245 g/mol. The van der Waals surface area contributed by atoms with Crippen molar-refractivity contribution in [3.8, 4) is 0 Å². The molecular formula is C11H16ClNOS. The highest BCUT2D eigenvalue weighted by Gasteiger charge is 2.03. The average molecular weight is 246 g/mol. The van der Waals surface area contributed by atoms with Crippen molar-refractivity contribution in [1.82, 2.24) is 5.32 Å². The summed E-state index contributed by atoms with van der Waals surface area (Å²) < 4.78 is 0. The molecule has 0 radical (unpaired) electrons. The molecule has 84 valence electrons. The molecule has 2 nitrogen and oxygen atoms in total. The lowest BCUT2D eigenvalue weighted by molar-refractivity contribution is 0.322. The van der Waals surface area contributed by atoms with E-state index in [-0.39, 0.29) is 6.61 Å². The summed E-state index contributed by atoms with van der Waals surface area (Å²) in [5.41, 5.74) is 1.20. The number of aliphatic hydroxyl groups is 1. The standard InChI is InChI=1S/C11H16ClNOS/c1-2-13-8-9-7-10(12)3-4-11(9)15-6-5-14/h3-4,7,13-14H,2,5-6,8H2,1H3. The number of aliphatic hydroxyl groups excluding tert-OH is 1. The van der Waals surface area contributed by atoms with Crippen molar-refractivity contribution in [2.75, 3.05) is 18.9 Å². The number of halogens is 1. The molecule has 0 aliphatic heterocycles. The van der Waals surface area contributed by atoms with Gasteiger partial charge in [-0.3, -0.25) is 0 Å². The third-order valence-electron chi connectivity index (χ3n) is 1.94. The maximum Gasteiger partial charge on any atom is 0.0525 e. The first-order valence-corrected chi connectivity index (χ1v) is 6.37. The second-order valence-electron chi connectivity index (χ2n) is 3.10.